The van der Waals surface area contributed by atoms with Crippen LogP contribution < -0.4 is 10.5 Å². The molecule has 1 aromatic heterocycles. The van der Waals surface area contributed by atoms with Gasteiger partial charge in [0, 0.05) is 24.0 Å². The predicted molar refractivity (Wildman–Crippen MR) is 81.8 cm³/mol. The lowest BCUT2D eigenvalue weighted by atomic mass is 10.0. The summed E-state index contributed by atoms with van der Waals surface area (Å²) >= 11 is 0. The van der Waals surface area contributed by atoms with E-state index in [2.05, 4.69) is 30.1 Å². The molecule has 0 aliphatic carbocycles. The average molecular weight is 270 g/mol. The van der Waals surface area contributed by atoms with Crippen LogP contribution in [0.4, 0.5) is 0 Å². The number of rotatable bonds is 5. The summed E-state index contributed by atoms with van der Waals surface area (Å²) < 4.78 is 6.01. The van der Waals surface area contributed by atoms with Crippen molar-refractivity contribution in [2.75, 3.05) is 0 Å². The number of hydrogen-bond acceptors (Lipinski definition) is 3. The highest BCUT2D eigenvalue weighted by molar-refractivity contribution is 5.41. The molecule has 0 aliphatic rings. The van der Waals surface area contributed by atoms with E-state index < -0.39 is 0 Å². The number of hydrogen-bond donors (Lipinski definition) is 1. The van der Waals surface area contributed by atoms with Gasteiger partial charge in [-0.2, -0.15) is 0 Å². The van der Waals surface area contributed by atoms with Crippen LogP contribution in [-0.4, -0.2) is 11.0 Å². The van der Waals surface area contributed by atoms with Gasteiger partial charge in [-0.15, -0.1) is 0 Å². The first kappa shape index (κ1) is 14.5. The monoisotopic (exact) mass is 270 g/mol. The Balaban J connectivity index is 2.16. The second-order valence-corrected chi connectivity index (χ2v) is 5.40. The zero-order chi connectivity index (χ0) is 14.5. The molecule has 106 valence electrons. The number of para-hydroxylation sites is 1. The fourth-order valence-electron chi connectivity index (χ4n) is 2.28. The summed E-state index contributed by atoms with van der Waals surface area (Å²) in [6.45, 7) is 6.64. The van der Waals surface area contributed by atoms with Crippen LogP contribution in [0.3, 0.4) is 0 Å². The summed E-state index contributed by atoms with van der Waals surface area (Å²) in [5, 5.41) is 0. The second kappa shape index (κ2) is 6.53. The van der Waals surface area contributed by atoms with Crippen LogP contribution in [0.25, 0.3) is 0 Å². The smallest absolute Gasteiger partial charge is 0.125 e. The van der Waals surface area contributed by atoms with E-state index in [1.165, 1.54) is 5.56 Å². The highest BCUT2D eigenvalue weighted by atomic mass is 16.5. The first-order valence-electron chi connectivity index (χ1n) is 6.93. The van der Waals surface area contributed by atoms with Crippen LogP contribution in [-0.2, 0) is 13.0 Å². The number of nitrogens with zero attached hydrogens (tertiary/aromatic N) is 1. The first-order chi connectivity index (χ1) is 9.56. The van der Waals surface area contributed by atoms with Gasteiger partial charge < -0.3 is 10.5 Å². The Kier molecular flexibility index (Phi) is 4.74. The summed E-state index contributed by atoms with van der Waals surface area (Å²) in [5.74, 6) is 0.950. The third-order valence-corrected chi connectivity index (χ3v) is 3.15. The Bertz CT molecular complexity index is 579. The van der Waals surface area contributed by atoms with Crippen LogP contribution in [0.15, 0.2) is 36.7 Å². The van der Waals surface area contributed by atoms with Gasteiger partial charge >= 0.3 is 0 Å². The Morgan fingerprint density at radius 2 is 2.05 bits per heavy atom. The summed E-state index contributed by atoms with van der Waals surface area (Å²) in [5.41, 5.74) is 10.4. The molecule has 0 radical (unpaired) electrons. The number of pyridine rings is 1. The number of ether oxygens (including phenoxy) is 1. The van der Waals surface area contributed by atoms with Gasteiger partial charge in [0.2, 0.25) is 0 Å². The van der Waals surface area contributed by atoms with E-state index in [1.54, 1.807) is 0 Å². The first-order valence-corrected chi connectivity index (χ1v) is 6.93. The molecule has 0 fully saturated rings. The SMILES string of the molecule is Cc1cncc(COc2c(C)cccc2CC(C)N)c1. The van der Waals surface area contributed by atoms with Crippen LogP contribution in [0.1, 0.15) is 29.2 Å². The van der Waals surface area contributed by atoms with Gasteiger partial charge in [0.15, 0.2) is 0 Å². The zero-order valence-corrected chi connectivity index (χ0v) is 12.4. The quantitative estimate of drug-likeness (QED) is 0.907. The van der Waals surface area contributed by atoms with Crippen LogP contribution in [0.2, 0.25) is 0 Å². The summed E-state index contributed by atoms with van der Waals surface area (Å²) in [6.07, 6.45) is 4.51. The van der Waals surface area contributed by atoms with Crippen molar-refractivity contribution in [1.29, 1.82) is 0 Å². The van der Waals surface area contributed by atoms with Crippen LogP contribution >= 0.6 is 0 Å². The van der Waals surface area contributed by atoms with Crippen molar-refractivity contribution < 1.29 is 4.74 Å². The average Bonchev–Trinajstić information content (AvgIpc) is 2.37. The van der Waals surface area contributed by atoms with E-state index in [-0.39, 0.29) is 6.04 Å². The van der Waals surface area contributed by atoms with Crippen molar-refractivity contribution in [3.8, 4) is 5.75 Å². The molecule has 1 aromatic carbocycles. The van der Waals surface area contributed by atoms with Crippen molar-refractivity contribution in [1.82, 2.24) is 4.98 Å². The van der Waals surface area contributed by atoms with Crippen LogP contribution in [0.5, 0.6) is 5.75 Å². The standard InChI is InChI=1S/C17H22N2O/c1-12-7-15(10-19-9-12)11-20-17-13(2)5-4-6-16(17)8-14(3)18/h4-7,9-10,14H,8,11,18H2,1-3H3. The van der Waals surface area contributed by atoms with Crippen molar-refractivity contribution >= 4 is 0 Å². The lowest BCUT2D eigenvalue weighted by Gasteiger charge is -2.15. The second-order valence-electron chi connectivity index (χ2n) is 5.40. The number of benzene rings is 1. The molecule has 3 heteroatoms. The molecule has 0 saturated carbocycles. The molecule has 1 atom stereocenters. The van der Waals surface area contributed by atoms with E-state index in [4.69, 9.17) is 10.5 Å². The number of aryl methyl sites for hydroxylation is 2. The van der Waals surface area contributed by atoms with E-state index in [9.17, 15) is 0 Å². The van der Waals surface area contributed by atoms with Crippen molar-refractivity contribution in [2.24, 2.45) is 5.73 Å². The van der Waals surface area contributed by atoms with Gasteiger partial charge in [-0.05, 0) is 49.9 Å². The van der Waals surface area contributed by atoms with Gasteiger partial charge in [-0.1, -0.05) is 18.2 Å². The van der Waals surface area contributed by atoms with E-state index >= 15 is 0 Å². The molecule has 0 amide bonds. The zero-order valence-electron chi connectivity index (χ0n) is 12.4. The molecule has 3 nitrogen and oxygen atoms in total. The third-order valence-electron chi connectivity index (χ3n) is 3.15. The van der Waals surface area contributed by atoms with Crippen molar-refractivity contribution in [2.45, 2.75) is 39.8 Å². The fraction of sp³-hybridized carbons (Fsp3) is 0.353. The highest BCUT2D eigenvalue weighted by Crippen LogP contribution is 2.25. The van der Waals surface area contributed by atoms with E-state index in [0.29, 0.717) is 6.61 Å². The van der Waals surface area contributed by atoms with Gasteiger partial charge in [0.05, 0.1) is 0 Å². The van der Waals surface area contributed by atoms with Crippen LogP contribution in [0, 0.1) is 13.8 Å². The van der Waals surface area contributed by atoms with Gasteiger partial charge in [0.1, 0.15) is 12.4 Å². The minimum Gasteiger partial charge on any atom is -0.488 e. The Labute approximate surface area is 120 Å². The fourth-order valence-corrected chi connectivity index (χ4v) is 2.28. The molecular formula is C17H22N2O. The molecule has 0 spiro atoms. The highest BCUT2D eigenvalue weighted by Gasteiger charge is 2.09. The molecule has 0 bridgehead atoms. The summed E-state index contributed by atoms with van der Waals surface area (Å²) in [6, 6.07) is 8.42. The maximum atomic E-state index is 6.01. The molecule has 0 saturated heterocycles. The number of nitrogens with two attached hydrogens (primary N) is 1. The molecule has 2 aromatic rings. The largest absolute Gasteiger partial charge is 0.488 e. The summed E-state index contributed by atoms with van der Waals surface area (Å²) in [7, 11) is 0. The molecule has 2 rings (SSSR count). The lowest BCUT2D eigenvalue weighted by Crippen LogP contribution is -2.18. The Morgan fingerprint density at radius 3 is 2.75 bits per heavy atom. The topological polar surface area (TPSA) is 48.1 Å². The molecular weight excluding hydrogens is 248 g/mol. The molecule has 2 N–H and O–H groups in total. The minimum absolute atomic E-state index is 0.125. The lowest BCUT2D eigenvalue weighted by molar-refractivity contribution is 0.299. The molecule has 1 heterocycles. The molecule has 0 aliphatic heterocycles. The normalized spacial score (nSPS) is 12.2. The number of aromatic nitrogens is 1. The van der Waals surface area contributed by atoms with E-state index in [0.717, 1.165) is 28.9 Å². The van der Waals surface area contributed by atoms with Crippen molar-refractivity contribution in [3.63, 3.8) is 0 Å². The predicted octanol–water partition coefficient (Wildman–Crippen LogP) is 3.17. The maximum Gasteiger partial charge on any atom is 0.125 e. The molecule has 20 heavy (non-hydrogen) atoms. The maximum absolute atomic E-state index is 6.01. The van der Waals surface area contributed by atoms with Gasteiger partial charge in [-0.3, -0.25) is 4.98 Å². The van der Waals surface area contributed by atoms with Crippen molar-refractivity contribution in [3.05, 3.63) is 58.9 Å². The van der Waals surface area contributed by atoms with E-state index in [1.807, 2.05) is 32.3 Å². The third kappa shape index (κ3) is 3.81. The Hall–Kier alpha value is -1.87. The minimum atomic E-state index is 0.125. The van der Waals surface area contributed by atoms with Gasteiger partial charge in [-0.25, -0.2) is 0 Å². The molecule has 1 unspecified atom stereocenters. The summed E-state index contributed by atoms with van der Waals surface area (Å²) in [4.78, 5) is 4.19. The van der Waals surface area contributed by atoms with Gasteiger partial charge in [0.25, 0.3) is 0 Å². The Morgan fingerprint density at radius 1 is 1.25 bits per heavy atom.